The van der Waals surface area contributed by atoms with Gasteiger partial charge in [0.2, 0.25) is 0 Å². The number of hydrogen-bond donors (Lipinski definition) is 1. The monoisotopic (exact) mass is 301 g/mol. The van der Waals surface area contributed by atoms with Crippen LogP contribution in [-0.4, -0.2) is 33.9 Å². The Morgan fingerprint density at radius 1 is 1.24 bits per heavy atom. The highest BCUT2D eigenvalue weighted by Crippen LogP contribution is 2.36. The smallest absolute Gasteiger partial charge is 0.345 e. The number of alkyl halides is 2. The summed E-state index contributed by atoms with van der Waals surface area (Å²) >= 11 is 0. The van der Waals surface area contributed by atoms with Crippen molar-refractivity contribution in [3.8, 4) is 11.5 Å². The molecular formula is C15H21F2NO3. The minimum Gasteiger partial charge on any atom is -0.496 e. The van der Waals surface area contributed by atoms with Gasteiger partial charge in [-0.1, -0.05) is 0 Å². The molecule has 0 spiro atoms. The van der Waals surface area contributed by atoms with Crippen LogP contribution < -0.4 is 14.8 Å². The van der Waals surface area contributed by atoms with Gasteiger partial charge in [0.1, 0.15) is 11.5 Å². The molecule has 118 valence electrons. The Bertz CT molecular complexity index is 462. The molecule has 0 aromatic heterocycles. The van der Waals surface area contributed by atoms with E-state index in [1.165, 1.54) is 7.11 Å². The molecule has 0 bridgehead atoms. The van der Waals surface area contributed by atoms with Gasteiger partial charge >= 0.3 is 6.61 Å². The van der Waals surface area contributed by atoms with Crippen LogP contribution in [-0.2, 0) is 11.3 Å². The van der Waals surface area contributed by atoms with E-state index in [-0.39, 0.29) is 6.61 Å². The lowest BCUT2D eigenvalue weighted by Crippen LogP contribution is -2.28. The second kappa shape index (κ2) is 7.56. The maximum atomic E-state index is 12.2. The highest BCUT2D eigenvalue weighted by Gasteiger charge is 2.21. The van der Waals surface area contributed by atoms with Gasteiger partial charge in [-0.3, -0.25) is 0 Å². The van der Waals surface area contributed by atoms with Crippen molar-refractivity contribution in [2.45, 2.75) is 32.0 Å². The number of halogens is 2. The minimum atomic E-state index is -2.80. The van der Waals surface area contributed by atoms with Gasteiger partial charge in [-0.25, -0.2) is 0 Å². The largest absolute Gasteiger partial charge is 0.496 e. The predicted octanol–water partition coefficient (Wildman–Crippen LogP) is 2.91. The van der Waals surface area contributed by atoms with E-state index in [0.29, 0.717) is 23.0 Å². The topological polar surface area (TPSA) is 39.7 Å². The fourth-order valence-electron chi connectivity index (χ4n) is 2.69. The summed E-state index contributed by atoms with van der Waals surface area (Å²) in [5.74, 6) is 1.59. The van der Waals surface area contributed by atoms with Crippen molar-refractivity contribution < 1.29 is 23.0 Å². The number of ether oxygens (including phenoxy) is 3. The third-order valence-electron chi connectivity index (χ3n) is 3.73. The first-order chi connectivity index (χ1) is 10.2. The summed E-state index contributed by atoms with van der Waals surface area (Å²) in [4.78, 5) is 0. The molecule has 1 N–H and O–H groups in total. The molecule has 1 aromatic rings. The summed E-state index contributed by atoms with van der Waals surface area (Å²) in [6.07, 6.45) is 2.17. The van der Waals surface area contributed by atoms with E-state index >= 15 is 0 Å². The van der Waals surface area contributed by atoms with Gasteiger partial charge in [0.15, 0.2) is 0 Å². The van der Waals surface area contributed by atoms with Crippen LogP contribution in [0.2, 0.25) is 0 Å². The lowest BCUT2D eigenvalue weighted by Gasteiger charge is -2.26. The average molecular weight is 301 g/mol. The van der Waals surface area contributed by atoms with Gasteiger partial charge < -0.3 is 19.5 Å². The number of hydrogen-bond acceptors (Lipinski definition) is 4. The van der Waals surface area contributed by atoms with Gasteiger partial charge in [-0.15, -0.1) is 0 Å². The molecule has 1 saturated heterocycles. The molecule has 1 aromatic carbocycles. The molecular weight excluding hydrogens is 280 g/mol. The maximum Gasteiger partial charge on any atom is 0.345 e. The number of piperidine rings is 1. The summed E-state index contributed by atoms with van der Waals surface area (Å²) in [6, 6.07) is 3.60. The molecule has 1 fully saturated rings. The van der Waals surface area contributed by atoms with Gasteiger partial charge in [0.05, 0.1) is 20.8 Å². The Morgan fingerprint density at radius 3 is 2.57 bits per heavy atom. The molecule has 1 unspecified atom stereocenters. The number of nitrogens with one attached hydrogen (secondary N) is 1. The summed E-state index contributed by atoms with van der Waals surface area (Å²) in [7, 11) is 3.11. The third-order valence-corrected chi connectivity index (χ3v) is 3.73. The molecule has 1 atom stereocenters. The van der Waals surface area contributed by atoms with Crippen molar-refractivity contribution in [1.29, 1.82) is 0 Å². The predicted molar refractivity (Wildman–Crippen MR) is 75.2 cm³/mol. The van der Waals surface area contributed by atoms with Crippen molar-refractivity contribution in [2.75, 3.05) is 27.3 Å². The van der Waals surface area contributed by atoms with E-state index in [4.69, 9.17) is 9.47 Å². The molecule has 1 heterocycles. The molecule has 0 saturated carbocycles. The quantitative estimate of drug-likeness (QED) is 0.877. The minimum absolute atomic E-state index is 0.208. The Morgan fingerprint density at radius 2 is 2.00 bits per heavy atom. The Labute approximate surface area is 123 Å². The van der Waals surface area contributed by atoms with Crippen LogP contribution in [0.15, 0.2) is 12.1 Å². The lowest BCUT2D eigenvalue weighted by molar-refractivity contribution is -0.137. The molecule has 1 aliphatic rings. The van der Waals surface area contributed by atoms with Crippen LogP contribution in [0.3, 0.4) is 0 Å². The Hall–Kier alpha value is -1.40. The van der Waals surface area contributed by atoms with Crippen LogP contribution in [0.25, 0.3) is 0 Å². The van der Waals surface area contributed by atoms with Crippen LogP contribution >= 0.6 is 0 Å². The van der Waals surface area contributed by atoms with E-state index in [0.717, 1.165) is 31.5 Å². The zero-order valence-electron chi connectivity index (χ0n) is 12.3. The van der Waals surface area contributed by atoms with Gasteiger partial charge in [-0.2, -0.15) is 8.78 Å². The Kier molecular flexibility index (Phi) is 5.76. The van der Waals surface area contributed by atoms with Gasteiger partial charge in [0.25, 0.3) is 0 Å². The first-order valence-corrected chi connectivity index (χ1v) is 7.01. The number of methoxy groups -OCH3 is 2. The molecule has 0 radical (unpaired) electrons. The highest BCUT2D eigenvalue weighted by molar-refractivity contribution is 5.48. The molecule has 0 amide bonds. The van der Waals surface area contributed by atoms with Crippen molar-refractivity contribution in [3.05, 3.63) is 23.3 Å². The van der Waals surface area contributed by atoms with Crippen LogP contribution in [0.1, 0.15) is 29.9 Å². The SMILES string of the molecule is COc1cc(C2CCCNC2)c(OC)cc1COC(F)F. The molecule has 1 aliphatic heterocycles. The maximum absolute atomic E-state index is 12.2. The van der Waals surface area contributed by atoms with E-state index in [2.05, 4.69) is 10.1 Å². The third kappa shape index (κ3) is 4.04. The lowest BCUT2D eigenvalue weighted by atomic mass is 9.90. The summed E-state index contributed by atoms with van der Waals surface area (Å²) in [5.41, 5.74) is 1.60. The zero-order valence-corrected chi connectivity index (χ0v) is 12.3. The first-order valence-electron chi connectivity index (χ1n) is 7.01. The van der Waals surface area contributed by atoms with E-state index in [9.17, 15) is 8.78 Å². The fraction of sp³-hybridized carbons (Fsp3) is 0.600. The van der Waals surface area contributed by atoms with Crippen molar-refractivity contribution in [1.82, 2.24) is 5.32 Å². The molecule has 4 nitrogen and oxygen atoms in total. The van der Waals surface area contributed by atoms with Crippen LogP contribution in [0.4, 0.5) is 8.78 Å². The van der Waals surface area contributed by atoms with Crippen LogP contribution in [0.5, 0.6) is 11.5 Å². The molecule has 6 heteroatoms. The average Bonchev–Trinajstić information content (AvgIpc) is 2.52. The second-order valence-corrected chi connectivity index (χ2v) is 5.02. The van der Waals surface area contributed by atoms with Crippen molar-refractivity contribution in [3.63, 3.8) is 0 Å². The number of benzene rings is 1. The summed E-state index contributed by atoms with van der Waals surface area (Å²) in [5, 5.41) is 3.36. The zero-order chi connectivity index (χ0) is 15.2. The van der Waals surface area contributed by atoms with E-state index in [1.54, 1.807) is 13.2 Å². The van der Waals surface area contributed by atoms with Crippen LogP contribution in [0, 0.1) is 0 Å². The second-order valence-electron chi connectivity index (χ2n) is 5.02. The van der Waals surface area contributed by atoms with Crippen molar-refractivity contribution in [2.24, 2.45) is 0 Å². The standard InChI is InChI=1S/C15H21F2NO3/c1-19-13-7-12(10-4-3-5-18-8-10)14(20-2)6-11(13)9-21-15(16)17/h6-7,10,15,18H,3-5,8-9H2,1-2H3. The van der Waals surface area contributed by atoms with E-state index in [1.807, 2.05) is 6.07 Å². The number of rotatable bonds is 6. The molecule has 2 rings (SSSR count). The highest BCUT2D eigenvalue weighted by atomic mass is 19.3. The van der Waals surface area contributed by atoms with Crippen molar-refractivity contribution >= 4 is 0 Å². The summed E-state index contributed by atoms with van der Waals surface area (Å²) in [6.45, 7) is -1.11. The first kappa shape index (κ1) is 16.0. The molecule has 21 heavy (non-hydrogen) atoms. The van der Waals surface area contributed by atoms with E-state index < -0.39 is 6.61 Å². The summed E-state index contributed by atoms with van der Waals surface area (Å²) < 4.78 is 39.5. The normalized spacial score (nSPS) is 18.8. The van der Waals surface area contributed by atoms with Gasteiger partial charge in [0, 0.05) is 23.6 Å². The molecule has 0 aliphatic carbocycles. The van der Waals surface area contributed by atoms with Gasteiger partial charge in [-0.05, 0) is 31.5 Å². The Balaban J connectivity index is 2.28. The fourth-order valence-corrected chi connectivity index (χ4v) is 2.69.